The molecule has 0 fully saturated rings. The summed E-state index contributed by atoms with van der Waals surface area (Å²) in [4.78, 5) is 14.0. The average molecular weight is 287 g/mol. The van der Waals surface area contributed by atoms with Crippen LogP contribution in [0.25, 0.3) is 0 Å². The van der Waals surface area contributed by atoms with Gasteiger partial charge in [0.25, 0.3) is 0 Å². The zero-order valence-electron chi connectivity index (χ0n) is 11.4. The molecule has 0 radical (unpaired) electrons. The summed E-state index contributed by atoms with van der Waals surface area (Å²) >= 11 is 5.67. The lowest BCUT2D eigenvalue weighted by atomic mass is 10.3. The van der Waals surface area contributed by atoms with E-state index in [0.717, 1.165) is 25.9 Å². The van der Waals surface area contributed by atoms with Crippen LogP contribution in [0.15, 0.2) is 18.2 Å². The topological polar surface area (TPSA) is 32.3 Å². The van der Waals surface area contributed by atoms with Gasteiger partial charge in [-0.3, -0.25) is 9.69 Å². The van der Waals surface area contributed by atoms with Gasteiger partial charge in [0.05, 0.1) is 11.6 Å². The smallest absolute Gasteiger partial charge is 0.238 e. The molecule has 19 heavy (non-hydrogen) atoms. The maximum Gasteiger partial charge on any atom is 0.238 e. The molecule has 0 unspecified atom stereocenters. The largest absolute Gasteiger partial charge is 0.325 e. The summed E-state index contributed by atoms with van der Waals surface area (Å²) in [6.45, 7) is 6.30. The number of hydrogen-bond donors (Lipinski definition) is 1. The highest BCUT2D eigenvalue weighted by Gasteiger charge is 2.10. The first kappa shape index (κ1) is 15.9. The number of halogens is 2. The van der Waals surface area contributed by atoms with E-state index < -0.39 is 5.82 Å². The van der Waals surface area contributed by atoms with Gasteiger partial charge in [0, 0.05) is 5.69 Å². The second-order valence-electron chi connectivity index (χ2n) is 4.45. The molecular weight excluding hydrogens is 267 g/mol. The van der Waals surface area contributed by atoms with E-state index in [1.54, 1.807) is 0 Å². The van der Waals surface area contributed by atoms with Crippen molar-refractivity contribution in [1.29, 1.82) is 0 Å². The van der Waals surface area contributed by atoms with Crippen LogP contribution in [0.3, 0.4) is 0 Å². The molecule has 5 heteroatoms. The van der Waals surface area contributed by atoms with Gasteiger partial charge in [-0.1, -0.05) is 25.4 Å². The van der Waals surface area contributed by atoms with Crippen molar-refractivity contribution in [1.82, 2.24) is 4.90 Å². The normalized spacial score (nSPS) is 10.8. The summed E-state index contributed by atoms with van der Waals surface area (Å²) in [6, 6.07) is 4.16. The minimum absolute atomic E-state index is 0.0109. The first-order valence-electron chi connectivity index (χ1n) is 6.54. The predicted octanol–water partition coefficient (Wildman–Crippen LogP) is 3.54. The molecular formula is C14H20ClFN2O. The summed E-state index contributed by atoms with van der Waals surface area (Å²) in [5.41, 5.74) is 0.518. The second-order valence-corrected chi connectivity index (χ2v) is 4.86. The molecule has 106 valence electrons. The van der Waals surface area contributed by atoms with Crippen molar-refractivity contribution in [3.05, 3.63) is 29.0 Å². The summed E-state index contributed by atoms with van der Waals surface area (Å²) in [6.07, 6.45) is 2.02. The first-order chi connectivity index (χ1) is 9.06. The second kappa shape index (κ2) is 8.12. The molecule has 0 atom stereocenters. The first-order valence-corrected chi connectivity index (χ1v) is 6.91. The molecule has 0 bridgehead atoms. The van der Waals surface area contributed by atoms with E-state index in [1.807, 2.05) is 0 Å². The number of carbonyl (C=O) groups excluding carboxylic acids is 1. The summed E-state index contributed by atoms with van der Waals surface area (Å²) in [5, 5.41) is 2.74. The van der Waals surface area contributed by atoms with Gasteiger partial charge in [0.1, 0.15) is 5.82 Å². The van der Waals surface area contributed by atoms with Crippen molar-refractivity contribution < 1.29 is 9.18 Å². The van der Waals surface area contributed by atoms with Crippen LogP contribution in [0.5, 0.6) is 0 Å². The maximum absolute atomic E-state index is 13.0. The number of nitrogens with one attached hydrogen (secondary N) is 1. The van der Waals surface area contributed by atoms with Crippen LogP contribution in [0, 0.1) is 5.82 Å². The summed E-state index contributed by atoms with van der Waals surface area (Å²) in [7, 11) is 0. The van der Waals surface area contributed by atoms with Crippen LogP contribution in [0.1, 0.15) is 26.7 Å². The van der Waals surface area contributed by atoms with E-state index in [9.17, 15) is 9.18 Å². The molecule has 0 aromatic heterocycles. The lowest BCUT2D eigenvalue weighted by molar-refractivity contribution is -0.117. The van der Waals surface area contributed by atoms with Gasteiger partial charge in [-0.2, -0.15) is 0 Å². The minimum Gasteiger partial charge on any atom is -0.325 e. The number of nitrogens with zero attached hydrogens (tertiary/aromatic N) is 1. The summed E-state index contributed by atoms with van der Waals surface area (Å²) < 4.78 is 13.0. The van der Waals surface area contributed by atoms with E-state index in [0.29, 0.717) is 12.2 Å². The number of benzene rings is 1. The zero-order valence-corrected chi connectivity index (χ0v) is 12.1. The molecule has 0 aliphatic carbocycles. The van der Waals surface area contributed by atoms with Crippen molar-refractivity contribution in [3.63, 3.8) is 0 Å². The van der Waals surface area contributed by atoms with Gasteiger partial charge >= 0.3 is 0 Å². The van der Waals surface area contributed by atoms with Crippen LogP contribution < -0.4 is 5.32 Å². The molecule has 1 amide bonds. The molecule has 0 saturated heterocycles. The average Bonchev–Trinajstić information content (AvgIpc) is 2.34. The SMILES string of the molecule is CCCN(CCC)CC(=O)Nc1ccc(F)c(Cl)c1. The Kier molecular flexibility index (Phi) is 6.81. The molecule has 0 saturated carbocycles. The highest BCUT2D eigenvalue weighted by molar-refractivity contribution is 6.31. The Bertz CT molecular complexity index is 420. The highest BCUT2D eigenvalue weighted by Crippen LogP contribution is 2.19. The zero-order chi connectivity index (χ0) is 14.3. The molecule has 1 rings (SSSR count). The monoisotopic (exact) mass is 286 g/mol. The van der Waals surface area contributed by atoms with Crippen molar-refractivity contribution in [2.75, 3.05) is 25.0 Å². The number of hydrogen-bond acceptors (Lipinski definition) is 2. The standard InChI is InChI=1S/C14H20ClFN2O/c1-3-7-18(8-4-2)10-14(19)17-11-5-6-13(16)12(15)9-11/h5-6,9H,3-4,7-8,10H2,1-2H3,(H,17,19). The lowest BCUT2D eigenvalue weighted by Crippen LogP contribution is -2.34. The molecule has 0 spiro atoms. The van der Waals surface area contributed by atoms with Crippen LogP contribution in [-0.2, 0) is 4.79 Å². The quantitative estimate of drug-likeness (QED) is 0.831. The molecule has 1 aromatic rings. The Labute approximate surface area is 118 Å². The molecule has 0 aliphatic heterocycles. The van der Waals surface area contributed by atoms with Crippen molar-refractivity contribution in [3.8, 4) is 0 Å². The summed E-state index contributed by atoms with van der Waals surface area (Å²) in [5.74, 6) is -0.595. The number of anilines is 1. The van der Waals surface area contributed by atoms with E-state index in [-0.39, 0.29) is 10.9 Å². The number of carbonyl (C=O) groups is 1. The third-order valence-corrected chi connectivity index (χ3v) is 2.94. The van der Waals surface area contributed by atoms with Gasteiger partial charge in [-0.25, -0.2) is 4.39 Å². The van der Waals surface area contributed by atoms with E-state index in [1.165, 1.54) is 18.2 Å². The van der Waals surface area contributed by atoms with Crippen LogP contribution in [-0.4, -0.2) is 30.4 Å². The Balaban J connectivity index is 2.55. The molecule has 0 aliphatic rings. The fourth-order valence-corrected chi connectivity index (χ4v) is 2.06. The Morgan fingerprint density at radius 2 is 1.95 bits per heavy atom. The lowest BCUT2D eigenvalue weighted by Gasteiger charge is -2.20. The molecule has 0 heterocycles. The predicted molar refractivity (Wildman–Crippen MR) is 77.1 cm³/mol. The number of rotatable bonds is 7. The number of amides is 1. The van der Waals surface area contributed by atoms with Crippen LogP contribution in [0.2, 0.25) is 5.02 Å². The minimum atomic E-state index is -0.488. The fourth-order valence-electron chi connectivity index (χ4n) is 1.88. The molecule has 1 aromatic carbocycles. The van der Waals surface area contributed by atoms with E-state index in [4.69, 9.17) is 11.6 Å². The Morgan fingerprint density at radius 3 is 2.47 bits per heavy atom. The van der Waals surface area contributed by atoms with Crippen molar-refractivity contribution in [2.24, 2.45) is 0 Å². The van der Waals surface area contributed by atoms with Crippen molar-refractivity contribution >= 4 is 23.2 Å². The fraction of sp³-hybridized carbons (Fsp3) is 0.500. The van der Waals surface area contributed by atoms with Crippen LogP contribution >= 0.6 is 11.6 Å². The van der Waals surface area contributed by atoms with E-state index in [2.05, 4.69) is 24.1 Å². The maximum atomic E-state index is 13.0. The molecule has 1 N–H and O–H groups in total. The highest BCUT2D eigenvalue weighted by atomic mass is 35.5. The van der Waals surface area contributed by atoms with Crippen molar-refractivity contribution in [2.45, 2.75) is 26.7 Å². The van der Waals surface area contributed by atoms with Gasteiger partial charge in [0.15, 0.2) is 0 Å². The Morgan fingerprint density at radius 1 is 1.32 bits per heavy atom. The van der Waals surface area contributed by atoms with E-state index >= 15 is 0 Å². The third kappa shape index (κ3) is 5.57. The molecule has 3 nitrogen and oxygen atoms in total. The Hall–Kier alpha value is -1.13. The third-order valence-electron chi connectivity index (χ3n) is 2.65. The van der Waals surface area contributed by atoms with Gasteiger partial charge in [0.2, 0.25) is 5.91 Å². The van der Waals surface area contributed by atoms with Gasteiger partial charge < -0.3 is 5.32 Å². The van der Waals surface area contributed by atoms with Crippen LogP contribution in [0.4, 0.5) is 10.1 Å². The van der Waals surface area contributed by atoms with Gasteiger partial charge in [-0.15, -0.1) is 0 Å². The van der Waals surface area contributed by atoms with Gasteiger partial charge in [-0.05, 0) is 44.1 Å².